The van der Waals surface area contributed by atoms with Gasteiger partial charge in [-0.2, -0.15) is 0 Å². The molecule has 1 saturated carbocycles. The Morgan fingerprint density at radius 3 is 2.33 bits per heavy atom. The molecule has 0 saturated heterocycles. The third-order valence-electron chi connectivity index (χ3n) is 4.41. The second kappa shape index (κ2) is 10.8. The molecule has 1 fully saturated rings. The number of hydrogen-bond donors (Lipinski definition) is 2. The van der Waals surface area contributed by atoms with Crippen LogP contribution in [0.1, 0.15) is 71.1 Å². The molecule has 2 atom stereocenters. The van der Waals surface area contributed by atoms with Crippen molar-refractivity contribution in [1.29, 1.82) is 0 Å². The van der Waals surface area contributed by atoms with Crippen molar-refractivity contribution in [3.63, 3.8) is 0 Å². The average Bonchev–Trinajstić information content (AvgIpc) is 2.84. The van der Waals surface area contributed by atoms with Crippen LogP contribution in [-0.4, -0.2) is 24.8 Å². The highest BCUT2D eigenvalue weighted by Gasteiger charge is 2.25. The van der Waals surface area contributed by atoms with Crippen molar-refractivity contribution >= 4 is 0 Å². The van der Waals surface area contributed by atoms with Gasteiger partial charge in [0, 0.05) is 6.61 Å². The van der Waals surface area contributed by atoms with E-state index in [9.17, 15) is 5.11 Å². The zero-order valence-electron chi connectivity index (χ0n) is 12.3. The average molecular weight is 255 g/mol. The molecule has 0 aromatic rings. The number of nitrogens with one attached hydrogen (secondary N) is 1. The second-order valence-electron chi connectivity index (χ2n) is 5.96. The molecule has 0 aromatic heterocycles. The van der Waals surface area contributed by atoms with Crippen molar-refractivity contribution in [1.82, 2.24) is 5.32 Å². The number of unbranched alkanes of at least 4 members (excludes halogenated alkanes) is 6. The standard InChI is InChI=1S/C16H33NO/c1-2-3-4-5-6-7-8-12-17-13-15-10-9-11-16(15)14-18/h15-18H,2-14H2,1H3. The molecule has 0 bridgehead atoms. The van der Waals surface area contributed by atoms with Gasteiger partial charge in [0.25, 0.3) is 0 Å². The molecule has 1 aliphatic rings. The molecule has 2 unspecified atom stereocenters. The minimum atomic E-state index is 0.393. The maximum atomic E-state index is 9.25. The quantitative estimate of drug-likeness (QED) is 0.551. The smallest absolute Gasteiger partial charge is 0.0462 e. The molecule has 0 aromatic carbocycles. The molecule has 2 N–H and O–H groups in total. The lowest BCUT2D eigenvalue weighted by molar-refractivity contribution is 0.192. The number of aliphatic hydroxyl groups is 1. The Morgan fingerprint density at radius 2 is 1.61 bits per heavy atom. The van der Waals surface area contributed by atoms with E-state index in [4.69, 9.17) is 0 Å². The Labute approximate surface area is 114 Å². The van der Waals surface area contributed by atoms with Crippen LogP contribution >= 0.6 is 0 Å². The molecule has 0 heterocycles. The number of hydrogen-bond acceptors (Lipinski definition) is 2. The van der Waals surface area contributed by atoms with Gasteiger partial charge in [-0.3, -0.25) is 0 Å². The lowest BCUT2D eigenvalue weighted by atomic mass is 9.97. The Bertz CT molecular complexity index is 184. The van der Waals surface area contributed by atoms with Crippen molar-refractivity contribution in [3.8, 4) is 0 Å². The van der Waals surface area contributed by atoms with Crippen molar-refractivity contribution < 1.29 is 5.11 Å². The fourth-order valence-corrected chi connectivity index (χ4v) is 3.12. The highest BCUT2D eigenvalue weighted by Crippen LogP contribution is 2.30. The summed E-state index contributed by atoms with van der Waals surface area (Å²) in [5, 5.41) is 12.8. The predicted octanol–water partition coefficient (Wildman–Crippen LogP) is 3.74. The van der Waals surface area contributed by atoms with Gasteiger partial charge in [-0.1, -0.05) is 51.9 Å². The first-order valence-corrected chi connectivity index (χ1v) is 8.20. The normalized spacial score (nSPS) is 23.7. The summed E-state index contributed by atoms with van der Waals surface area (Å²) < 4.78 is 0. The lowest BCUT2D eigenvalue weighted by Gasteiger charge is -2.17. The van der Waals surface area contributed by atoms with Gasteiger partial charge in [0.2, 0.25) is 0 Å². The van der Waals surface area contributed by atoms with E-state index in [1.807, 2.05) is 0 Å². The van der Waals surface area contributed by atoms with Crippen LogP contribution in [0.4, 0.5) is 0 Å². The molecule has 2 heteroatoms. The molecule has 0 amide bonds. The zero-order valence-corrected chi connectivity index (χ0v) is 12.3. The predicted molar refractivity (Wildman–Crippen MR) is 78.8 cm³/mol. The highest BCUT2D eigenvalue weighted by molar-refractivity contribution is 4.78. The van der Waals surface area contributed by atoms with E-state index < -0.39 is 0 Å². The van der Waals surface area contributed by atoms with Crippen molar-refractivity contribution in [2.24, 2.45) is 11.8 Å². The molecule has 0 aliphatic heterocycles. The van der Waals surface area contributed by atoms with Crippen LogP contribution in [0.3, 0.4) is 0 Å². The van der Waals surface area contributed by atoms with Crippen molar-refractivity contribution in [3.05, 3.63) is 0 Å². The molecule has 1 rings (SSSR count). The SMILES string of the molecule is CCCCCCCCCNCC1CCCC1CO. The maximum absolute atomic E-state index is 9.25. The van der Waals surface area contributed by atoms with E-state index in [2.05, 4.69) is 12.2 Å². The fraction of sp³-hybridized carbons (Fsp3) is 1.00. The van der Waals surface area contributed by atoms with Gasteiger partial charge in [0.15, 0.2) is 0 Å². The summed E-state index contributed by atoms with van der Waals surface area (Å²) in [7, 11) is 0. The van der Waals surface area contributed by atoms with E-state index >= 15 is 0 Å². The Kier molecular flexibility index (Phi) is 9.59. The van der Waals surface area contributed by atoms with Crippen LogP contribution in [0.25, 0.3) is 0 Å². The van der Waals surface area contributed by atoms with Crippen LogP contribution in [0.5, 0.6) is 0 Å². The summed E-state index contributed by atoms with van der Waals surface area (Å²) >= 11 is 0. The molecule has 0 spiro atoms. The minimum Gasteiger partial charge on any atom is -0.396 e. The van der Waals surface area contributed by atoms with Crippen LogP contribution < -0.4 is 5.32 Å². The molecule has 18 heavy (non-hydrogen) atoms. The molecule has 108 valence electrons. The van der Waals surface area contributed by atoms with Gasteiger partial charge in [-0.05, 0) is 44.2 Å². The first-order chi connectivity index (χ1) is 8.88. The van der Waals surface area contributed by atoms with E-state index in [-0.39, 0.29) is 0 Å². The van der Waals surface area contributed by atoms with Crippen molar-refractivity contribution in [2.75, 3.05) is 19.7 Å². The first kappa shape index (κ1) is 16.0. The molecule has 1 aliphatic carbocycles. The second-order valence-corrected chi connectivity index (χ2v) is 5.96. The first-order valence-electron chi connectivity index (χ1n) is 8.20. The summed E-state index contributed by atoms with van der Waals surface area (Å²) in [6.07, 6.45) is 13.6. The van der Waals surface area contributed by atoms with Crippen molar-refractivity contribution in [2.45, 2.75) is 71.1 Å². The summed E-state index contributed by atoms with van der Waals surface area (Å²) in [5.41, 5.74) is 0. The van der Waals surface area contributed by atoms with Gasteiger partial charge in [0.05, 0.1) is 0 Å². The number of rotatable bonds is 11. The van der Waals surface area contributed by atoms with Crippen LogP contribution in [0.2, 0.25) is 0 Å². The Hall–Kier alpha value is -0.0800. The maximum Gasteiger partial charge on any atom is 0.0462 e. The van der Waals surface area contributed by atoms with E-state index in [0.717, 1.165) is 12.5 Å². The van der Waals surface area contributed by atoms with Gasteiger partial charge in [-0.25, -0.2) is 0 Å². The summed E-state index contributed by atoms with van der Waals surface area (Å²) in [5.74, 6) is 1.31. The summed E-state index contributed by atoms with van der Waals surface area (Å²) in [6, 6.07) is 0. The minimum absolute atomic E-state index is 0.393. The third kappa shape index (κ3) is 6.75. The third-order valence-corrected chi connectivity index (χ3v) is 4.41. The largest absolute Gasteiger partial charge is 0.396 e. The highest BCUT2D eigenvalue weighted by atomic mass is 16.3. The van der Waals surface area contributed by atoms with Gasteiger partial charge < -0.3 is 10.4 Å². The molecular formula is C16H33NO. The van der Waals surface area contributed by atoms with Crippen LogP contribution in [-0.2, 0) is 0 Å². The van der Waals surface area contributed by atoms with Gasteiger partial charge in [0.1, 0.15) is 0 Å². The van der Waals surface area contributed by atoms with E-state index in [1.54, 1.807) is 0 Å². The van der Waals surface area contributed by atoms with E-state index in [1.165, 1.54) is 70.8 Å². The van der Waals surface area contributed by atoms with Gasteiger partial charge in [-0.15, -0.1) is 0 Å². The monoisotopic (exact) mass is 255 g/mol. The molecule has 2 nitrogen and oxygen atoms in total. The topological polar surface area (TPSA) is 32.3 Å². The fourth-order valence-electron chi connectivity index (χ4n) is 3.12. The Balaban J connectivity index is 1.83. The number of aliphatic hydroxyl groups excluding tert-OH is 1. The summed E-state index contributed by atoms with van der Waals surface area (Å²) in [4.78, 5) is 0. The van der Waals surface area contributed by atoms with Gasteiger partial charge >= 0.3 is 0 Å². The summed E-state index contributed by atoms with van der Waals surface area (Å²) in [6.45, 7) is 4.96. The van der Waals surface area contributed by atoms with Crippen LogP contribution in [0, 0.1) is 11.8 Å². The van der Waals surface area contributed by atoms with Crippen LogP contribution in [0.15, 0.2) is 0 Å². The van der Waals surface area contributed by atoms with E-state index in [0.29, 0.717) is 12.5 Å². The Morgan fingerprint density at radius 1 is 0.944 bits per heavy atom. The zero-order chi connectivity index (χ0) is 13.1. The molecular weight excluding hydrogens is 222 g/mol. The molecule has 0 radical (unpaired) electrons. The lowest BCUT2D eigenvalue weighted by Crippen LogP contribution is -2.27.